The second-order valence-corrected chi connectivity index (χ2v) is 17.8. The summed E-state index contributed by atoms with van der Waals surface area (Å²) >= 11 is -1.71. The zero-order chi connectivity index (χ0) is 18.6. The predicted octanol–water partition coefficient (Wildman–Crippen LogP) is 6.40. The number of halogens is 1. The van der Waals surface area contributed by atoms with Crippen LogP contribution in [0.2, 0.25) is 0 Å². The van der Waals surface area contributed by atoms with Gasteiger partial charge in [0.1, 0.15) is 0 Å². The van der Waals surface area contributed by atoms with Crippen LogP contribution in [0.4, 0.5) is 0 Å². The van der Waals surface area contributed by atoms with E-state index in [1.807, 2.05) is 93.6 Å². The molecule has 0 atom stereocenters. The summed E-state index contributed by atoms with van der Waals surface area (Å²) < 4.78 is 19.2. The second-order valence-electron chi connectivity index (χ2n) is 6.08. The fourth-order valence-electron chi connectivity index (χ4n) is 2.47. The van der Waals surface area contributed by atoms with Crippen molar-refractivity contribution < 1.29 is 25.8 Å². The summed E-state index contributed by atoms with van der Waals surface area (Å²) in [4.78, 5) is 0. The van der Waals surface area contributed by atoms with Crippen molar-refractivity contribution in [1.82, 2.24) is 0 Å². The zero-order valence-corrected chi connectivity index (χ0v) is 19.6. The van der Waals surface area contributed by atoms with Gasteiger partial charge in [0, 0.05) is 0 Å². The minimum atomic E-state index is -3.99. The molecule has 0 aromatic heterocycles. The molecule has 0 aliphatic rings. The summed E-state index contributed by atoms with van der Waals surface area (Å²) in [6.07, 6.45) is 0. The molecule has 0 aliphatic carbocycles. The summed E-state index contributed by atoms with van der Waals surface area (Å²) in [5.41, 5.74) is 3.19. The third kappa shape index (κ3) is 4.89. The first-order valence-electron chi connectivity index (χ1n) is 8.40. The molecule has 0 amide bonds. The Balaban J connectivity index is 1.96. The first-order chi connectivity index (χ1) is 12.5. The molecule has 0 unspecified atom stereocenters. The number of hydrogen-bond acceptors (Lipinski definition) is 3. The zero-order valence-electron chi connectivity index (χ0n) is 15.0. The summed E-state index contributed by atoms with van der Waals surface area (Å²) in [6, 6.07) is 23.9. The Bertz CT molecular complexity index is 782. The van der Waals surface area contributed by atoms with Gasteiger partial charge in [-0.1, -0.05) is 0 Å². The van der Waals surface area contributed by atoms with Crippen LogP contribution < -0.4 is 8.44 Å². The van der Waals surface area contributed by atoms with E-state index < -0.39 is 17.4 Å². The van der Waals surface area contributed by atoms with Gasteiger partial charge in [-0.3, -0.25) is 0 Å². The average molecular weight is 540 g/mol. The number of aryl methyl sites for hydroxylation is 3. The SMILES string of the molecule is Cc1ccccc1[O][Zr]([I])([O]c1ccccc1C)[O]c1ccccc1C. The van der Waals surface area contributed by atoms with E-state index in [1.165, 1.54) is 0 Å². The molecule has 0 saturated heterocycles. The Morgan fingerprint density at radius 1 is 0.538 bits per heavy atom. The van der Waals surface area contributed by atoms with Crippen LogP contribution in [-0.4, -0.2) is 0 Å². The van der Waals surface area contributed by atoms with Gasteiger partial charge in [0.25, 0.3) is 0 Å². The van der Waals surface area contributed by atoms with E-state index in [0.29, 0.717) is 0 Å². The normalized spacial score (nSPS) is 11.1. The van der Waals surface area contributed by atoms with Gasteiger partial charge >= 0.3 is 171 Å². The third-order valence-electron chi connectivity index (χ3n) is 3.98. The van der Waals surface area contributed by atoms with Crippen molar-refractivity contribution in [3.8, 4) is 17.2 Å². The van der Waals surface area contributed by atoms with Gasteiger partial charge in [0.15, 0.2) is 0 Å². The fourth-order valence-corrected chi connectivity index (χ4v) is 10.6. The average Bonchev–Trinajstić information content (AvgIpc) is 2.61. The van der Waals surface area contributed by atoms with Gasteiger partial charge in [-0.05, 0) is 0 Å². The predicted molar refractivity (Wildman–Crippen MR) is 109 cm³/mol. The van der Waals surface area contributed by atoms with Crippen LogP contribution in [0.5, 0.6) is 17.2 Å². The molecule has 3 nitrogen and oxygen atoms in total. The van der Waals surface area contributed by atoms with Crippen molar-refractivity contribution in [2.75, 3.05) is 0 Å². The van der Waals surface area contributed by atoms with Crippen LogP contribution in [0.1, 0.15) is 16.7 Å². The van der Waals surface area contributed by atoms with E-state index >= 15 is 0 Å². The van der Waals surface area contributed by atoms with Crippen LogP contribution in [0.3, 0.4) is 0 Å². The van der Waals surface area contributed by atoms with E-state index in [9.17, 15) is 0 Å². The van der Waals surface area contributed by atoms with Gasteiger partial charge in [0.05, 0.1) is 0 Å². The number of para-hydroxylation sites is 3. The molecule has 0 aliphatic heterocycles. The Morgan fingerprint density at radius 2 is 0.808 bits per heavy atom. The fraction of sp³-hybridized carbons (Fsp3) is 0.143. The monoisotopic (exact) mass is 538 g/mol. The van der Waals surface area contributed by atoms with E-state index in [1.54, 1.807) is 0 Å². The third-order valence-corrected chi connectivity index (χ3v) is 11.3. The molecule has 0 fully saturated rings. The molecule has 0 radical (unpaired) electrons. The number of benzene rings is 3. The van der Waals surface area contributed by atoms with Gasteiger partial charge in [0.2, 0.25) is 0 Å². The Morgan fingerprint density at radius 3 is 1.08 bits per heavy atom. The molecule has 0 spiro atoms. The van der Waals surface area contributed by atoms with Gasteiger partial charge in [-0.25, -0.2) is 0 Å². The van der Waals surface area contributed by atoms with Gasteiger partial charge in [-0.2, -0.15) is 0 Å². The van der Waals surface area contributed by atoms with E-state index in [0.717, 1.165) is 33.9 Å². The van der Waals surface area contributed by atoms with E-state index in [4.69, 9.17) is 8.44 Å². The molecule has 5 heteroatoms. The molecular formula is C21H21IO3Zr. The molecule has 0 N–H and O–H groups in total. The molecule has 26 heavy (non-hydrogen) atoms. The van der Waals surface area contributed by atoms with Crippen LogP contribution in [0, 0.1) is 20.8 Å². The van der Waals surface area contributed by atoms with Crippen LogP contribution in [0.15, 0.2) is 72.8 Å². The Kier molecular flexibility index (Phi) is 6.41. The molecule has 3 aromatic rings. The molecule has 0 heterocycles. The second kappa shape index (κ2) is 8.57. The quantitative estimate of drug-likeness (QED) is 0.340. The van der Waals surface area contributed by atoms with E-state index in [-0.39, 0.29) is 0 Å². The Labute approximate surface area is 170 Å². The maximum atomic E-state index is 6.40. The van der Waals surface area contributed by atoms with Crippen LogP contribution >= 0.6 is 18.0 Å². The first kappa shape index (κ1) is 19.4. The van der Waals surface area contributed by atoms with Gasteiger partial charge < -0.3 is 0 Å². The molecule has 134 valence electrons. The summed E-state index contributed by atoms with van der Waals surface area (Å²) in [5, 5.41) is 0. The first-order valence-corrected chi connectivity index (χ1v) is 18.7. The van der Waals surface area contributed by atoms with Crippen molar-refractivity contribution in [2.24, 2.45) is 0 Å². The summed E-state index contributed by atoms with van der Waals surface area (Å²) in [7, 11) is 0. The molecule has 3 rings (SSSR count). The van der Waals surface area contributed by atoms with Crippen LogP contribution in [-0.2, 0) is 17.4 Å². The minimum absolute atomic E-state index is 0.805. The molecular weight excluding hydrogens is 518 g/mol. The number of hydrogen-bond donors (Lipinski definition) is 0. The molecule has 0 bridgehead atoms. The van der Waals surface area contributed by atoms with Crippen molar-refractivity contribution >= 4 is 18.0 Å². The van der Waals surface area contributed by atoms with E-state index in [2.05, 4.69) is 18.0 Å². The topological polar surface area (TPSA) is 27.7 Å². The summed E-state index contributed by atoms with van der Waals surface area (Å²) in [6.45, 7) is 6.08. The van der Waals surface area contributed by atoms with Crippen molar-refractivity contribution in [2.45, 2.75) is 20.8 Å². The summed E-state index contributed by atoms with van der Waals surface area (Å²) in [5.74, 6) is 2.42. The van der Waals surface area contributed by atoms with Crippen LogP contribution in [0.25, 0.3) is 0 Å². The standard InChI is InChI=1S/3C7H8O.HI.Zr/c3*1-6-4-2-3-5-7(6)8;;/h3*2-5,8H,1H3;1H;/q;;;;+4/p-4. The molecule has 3 aromatic carbocycles. The maximum absolute atomic E-state index is 6.40. The Hall–Kier alpha value is -1.33. The van der Waals surface area contributed by atoms with Crippen molar-refractivity contribution in [3.63, 3.8) is 0 Å². The van der Waals surface area contributed by atoms with Crippen molar-refractivity contribution in [3.05, 3.63) is 89.5 Å². The number of rotatable bonds is 6. The van der Waals surface area contributed by atoms with Gasteiger partial charge in [-0.15, -0.1) is 0 Å². The van der Waals surface area contributed by atoms with Crippen molar-refractivity contribution in [1.29, 1.82) is 0 Å². The molecule has 0 saturated carbocycles.